The maximum Gasteiger partial charge on any atom is 0.0705 e. The summed E-state index contributed by atoms with van der Waals surface area (Å²) in [6, 6.07) is 25.5. The number of rotatable bonds is 5. The summed E-state index contributed by atoms with van der Waals surface area (Å²) in [7, 11) is 0. The Kier molecular flexibility index (Phi) is 3.94. The Morgan fingerprint density at radius 2 is 1.39 bits per heavy atom. The largest absolute Gasteiger partial charge is 0.252 e. The number of aromatic nitrogens is 1. The minimum absolute atomic E-state index is 0.931. The first kappa shape index (κ1) is 14.2. The number of aryl methyl sites for hydroxylation is 1. The number of benzene rings is 2. The van der Waals surface area contributed by atoms with E-state index in [1.165, 1.54) is 41.6 Å². The molecule has 0 amide bonds. The minimum atomic E-state index is 0.931. The standard InChI is InChI=1S/C22H21N/c1-3-7-18(8-4-1)20-14-16-21(19-9-5-2-6-10-19)23-22(20)15-13-17-11-12-17/h1-10,14,16-17H,11-13,15H2. The molecule has 0 aliphatic heterocycles. The van der Waals surface area contributed by atoms with Crippen LogP contribution in [-0.2, 0) is 6.42 Å². The maximum absolute atomic E-state index is 5.02. The molecular formula is C22H21N. The zero-order valence-electron chi connectivity index (χ0n) is 13.3. The molecule has 2 aromatic carbocycles. The summed E-state index contributed by atoms with van der Waals surface area (Å²) in [5.41, 5.74) is 6.07. The van der Waals surface area contributed by atoms with E-state index in [4.69, 9.17) is 4.98 Å². The molecule has 0 unspecified atom stereocenters. The van der Waals surface area contributed by atoms with E-state index < -0.39 is 0 Å². The summed E-state index contributed by atoms with van der Waals surface area (Å²) in [5.74, 6) is 0.931. The van der Waals surface area contributed by atoms with Crippen LogP contribution in [0.4, 0.5) is 0 Å². The van der Waals surface area contributed by atoms with Gasteiger partial charge in [-0.25, -0.2) is 0 Å². The lowest BCUT2D eigenvalue weighted by Gasteiger charge is -2.11. The quantitative estimate of drug-likeness (QED) is 0.584. The number of nitrogens with zero attached hydrogens (tertiary/aromatic N) is 1. The summed E-state index contributed by atoms with van der Waals surface area (Å²) >= 11 is 0. The van der Waals surface area contributed by atoms with Crippen molar-refractivity contribution in [2.45, 2.75) is 25.7 Å². The van der Waals surface area contributed by atoms with Gasteiger partial charge < -0.3 is 0 Å². The minimum Gasteiger partial charge on any atom is -0.252 e. The van der Waals surface area contributed by atoms with E-state index >= 15 is 0 Å². The molecule has 0 saturated heterocycles. The van der Waals surface area contributed by atoms with Crippen LogP contribution in [-0.4, -0.2) is 4.98 Å². The average Bonchev–Trinajstić information content (AvgIpc) is 3.46. The molecule has 0 spiro atoms. The van der Waals surface area contributed by atoms with Crippen LogP contribution in [0.5, 0.6) is 0 Å². The first-order chi connectivity index (χ1) is 11.4. The second-order valence-corrected chi connectivity index (χ2v) is 6.40. The Labute approximate surface area is 138 Å². The summed E-state index contributed by atoms with van der Waals surface area (Å²) in [4.78, 5) is 5.02. The van der Waals surface area contributed by atoms with E-state index in [0.29, 0.717) is 0 Å². The third-order valence-electron chi connectivity index (χ3n) is 4.61. The van der Waals surface area contributed by atoms with Crippen LogP contribution in [0.1, 0.15) is 25.0 Å². The molecule has 0 radical (unpaired) electrons. The summed E-state index contributed by atoms with van der Waals surface area (Å²) in [6.07, 6.45) is 5.15. The fraction of sp³-hybridized carbons (Fsp3) is 0.227. The fourth-order valence-corrected chi connectivity index (χ4v) is 3.09. The van der Waals surface area contributed by atoms with Crippen LogP contribution in [0.3, 0.4) is 0 Å². The summed E-state index contributed by atoms with van der Waals surface area (Å²) in [5, 5.41) is 0. The molecule has 0 bridgehead atoms. The van der Waals surface area contributed by atoms with Crippen molar-refractivity contribution in [1.82, 2.24) is 4.98 Å². The molecule has 4 rings (SSSR count). The van der Waals surface area contributed by atoms with Crippen LogP contribution >= 0.6 is 0 Å². The van der Waals surface area contributed by atoms with Gasteiger partial charge in [-0.1, -0.05) is 79.6 Å². The van der Waals surface area contributed by atoms with E-state index in [-0.39, 0.29) is 0 Å². The molecule has 1 nitrogen and oxygen atoms in total. The maximum atomic E-state index is 5.02. The highest BCUT2D eigenvalue weighted by atomic mass is 14.7. The third-order valence-corrected chi connectivity index (χ3v) is 4.61. The lowest BCUT2D eigenvalue weighted by Crippen LogP contribution is -1.98. The predicted molar refractivity (Wildman–Crippen MR) is 96.2 cm³/mol. The van der Waals surface area contributed by atoms with Crippen LogP contribution in [0, 0.1) is 5.92 Å². The predicted octanol–water partition coefficient (Wildman–Crippen LogP) is 5.76. The lowest BCUT2D eigenvalue weighted by molar-refractivity contribution is 0.715. The van der Waals surface area contributed by atoms with Gasteiger partial charge in [-0.05, 0) is 30.4 Å². The number of pyridine rings is 1. The van der Waals surface area contributed by atoms with E-state index in [1.54, 1.807) is 0 Å². The van der Waals surface area contributed by atoms with Crippen LogP contribution in [0.15, 0.2) is 72.8 Å². The molecule has 0 atom stereocenters. The van der Waals surface area contributed by atoms with Crippen molar-refractivity contribution < 1.29 is 0 Å². The molecule has 1 saturated carbocycles. The molecular weight excluding hydrogens is 278 g/mol. The average molecular weight is 299 g/mol. The van der Waals surface area contributed by atoms with Crippen molar-refractivity contribution in [3.05, 3.63) is 78.5 Å². The van der Waals surface area contributed by atoms with Gasteiger partial charge in [0.2, 0.25) is 0 Å². The van der Waals surface area contributed by atoms with Crippen molar-refractivity contribution in [2.75, 3.05) is 0 Å². The van der Waals surface area contributed by atoms with E-state index in [2.05, 4.69) is 72.8 Å². The SMILES string of the molecule is c1ccc(-c2ccc(-c3ccccc3)c(CCC3CC3)n2)cc1. The topological polar surface area (TPSA) is 12.9 Å². The second kappa shape index (κ2) is 6.37. The first-order valence-electron chi connectivity index (χ1n) is 8.51. The normalized spacial score (nSPS) is 13.9. The Hall–Kier alpha value is -2.41. The first-order valence-corrected chi connectivity index (χ1v) is 8.51. The van der Waals surface area contributed by atoms with E-state index in [1.807, 2.05) is 0 Å². The molecule has 1 heteroatoms. The highest BCUT2D eigenvalue weighted by molar-refractivity contribution is 5.69. The molecule has 0 N–H and O–H groups in total. The summed E-state index contributed by atoms with van der Waals surface area (Å²) < 4.78 is 0. The van der Waals surface area contributed by atoms with Gasteiger partial charge in [-0.2, -0.15) is 0 Å². The van der Waals surface area contributed by atoms with Gasteiger partial charge >= 0.3 is 0 Å². The highest BCUT2D eigenvalue weighted by Gasteiger charge is 2.21. The van der Waals surface area contributed by atoms with Crippen LogP contribution in [0.25, 0.3) is 22.4 Å². The molecule has 3 aromatic rings. The zero-order chi connectivity index (χ0) is 15.5. The molecule has 23 heavy (non-hydrogen) atoms. The van der Waals surface area contributed by atoms with Gasteiger partial charge in [-0.3, -0.25) is 4.98 Å². The molecule has 1 fully saturated rings. The molecule has 1 heterocycles. The van der Waals surface area contributed by atoms with Gasteiger partial charge in [0.05, 0.1) is 5.69 Å². The smallest absolute Gasteiger partial charge is 0.0705 e. The Bertz CT molecular complexity index is 774. The Morgan fingerprint density at radius 1 is 0.739 bits per heavy atom. The fourth-order valence-electron chi connectivity index (χ4n) is 3.09. The van der Waals surface area contributed by atoms with Crippen molar-refractivity contribution in [1.29, 1.82) is 0 Å². The van der Waals surface area contributed by atoms with Crippen molar-refractivity contribution in [3.8, 4) is 22.4 Å². The number of hydrogen-bond acceptors (Lipinski definition) is 1. The number of hydrogen-bond donors (Lipinski definition) is 0. The molecule has 1 aromatic heterocycles. The van der Waals surface area contributed by atoms with Gasteiger partial charge in [0, 0.05) is 16.8 Å². The highest BCUT2D eigenvalue weighted by Crippen LogP contribution is 2.35. The molecule has 114 valence electrons. The van der Waals surface area contributed by atoms with E-state index in [0.717, 1.165) is 18.0 Å². The van der Waals surface area contributed by atoms with Crippen molar-refractivity contribution in [2.24, 2.45) is 5.92 Å². The van der Waals surface area contributed by atoms with Gasteiger partial charge in [0.15, 0.2) is 0 Å². The van der Waals surface area contributed by atoms with Gasteiger partial charge in [-0.15, -0.1) is 0 Å². The Morgan fingerprint density at radius 3 is 2.04 bits per heavy atom. The van der Waals surface area contributed by atoms with Crippen LogP contribution < -0.4 is 0 Å². The lowest BCUT2D eigenvalue weighted by atomic mass is 9.99. The van der Waals surface area contributed by atoms with Gasteiger partial charge in [0.1, 0.15) is 0 Å². The van der Waals surface area contributed by atoms with E-state index in [9.17, 15) is 0 Å². The molecule has 1 aliphatic rings. The zero-order valence-corrected chi connectivity index (χ0v) is 13.3. The van der Waals surface area contributed by atoms with Crippen molar-refractivity contribution in [3.63, 3.8) is 0 Å². The van der Waals surface area contributed by atoms with Gasteiger partial charge in [0.25, 0.3) is 0 Å². The summed E-state index contributed by atoms with van der Waals surface area (Å²) in [6.45, 7) is 0. The monoisotopic (exact) mass is 299 g/mol. The van der Waals surface area contributed by atoms with Crippen LogP contribution in [0.2, 0.25) is 0 Å². The molecule has 1 aliphatic carbocycles. The second-order valence-electron chi connectivity index (χ2n) is 6.40. The van der Waals surface area contributed by atoms with Crippen molar-refractivity contribution >= 4 is 0 Å². The Balaban J connectivity index is 1.73. The third kappa shape index (κ3) is 3.34.